The summed E-state index contributed by atoms with van der Waals surface area (Å²) in [4.78, 5) is 16.6. The third kappa shape index (κ3) is 4.19. The average Bonchev–Trinajstić information content (AvgIpc) is 2.91. The molecule has 0 atom stereocenters. The quantitative estimate of drug-likeness (QED) is 0.780. The van der Waals surface area contributed by atoms with Crippen LogP contribution >= 0.6 is 23.6 Å². The van der Waals surface area contributed by atoms with E-state index in [-0.39, 0.29) is 11.3 Å². The van der Waals surface area contributed by atoms with Crippen LogP contribution in [0.1, 0.15) is 34.5 Å². The molecule has 1 fully saturated rings. The van der Waals surface area contributed by atoms with Gasteiger partial charge in [0.05, 0.1) is 6.42 Å². The largest absolute Gasteiger partial charge is 0.381 e. The van der Waals surface area contributed by atoms with Crippen molar-refractivity contribution in [3.8, 4) is 0 Å². The second-order valence-electron chi connectivity index (χ2n) is 6.72. The smallest absolute Gasteiger partial charge is 0.225 e. The van der Waals surface area contributed by atoms with Gasteiger partial charge in [-0.05, 0) is 50.0 Å². The summed E-state index contributed by atoms with van der Waals surface area (Å²) in [5, 5.41) is 3.17. The minimum atomic E-state index is -0.0426. The van der Waals surface area contributed by atoms with Crippen molar-refractivity contribution < 1.29 is 9.53 Å². The topological polar surface area (TPSA) is 54.1 Å². The third-order valence-electron chi connectivity index (χ3n) is 5.04. The number of amides is 1. The molecule has 2 N–H and O–H groups in total. The van der Waals surface area contributed by atoms with Crippen LogP contribution in [0, 0.1) is 17.8 Å². The highest BCUT2D eigenvalue weighted by molar-refractivity contribution is 7.73. The molecule has 2 heterocycles. The summed E-state index contributed by atoms with van der Waals surface area (Å²) < 4.78 is 6.30. The highest BCUT2D eigenvalue weighted by Gasteiger charge is 2.35. The summed E-state index contributed by atoms with van der Waals surface area (Å²) >= 11 is 6.63. The van der Waals surface area contributed by atoms with Crippen LogP contribution in [0.3, 0.4) is 0 Å². The van der Waals surface area contributed by atoms with Crippen molar-refractivity contribution in [1.29, 1.82) is 0 Å². The van der Waals surface area contributed by atoms with Gasteiger partial charge in [-0.25, -0.2) is 0 Å². The van der Waals surface area contributed by atoms with Gasteiger partial charge in [0.25, 0.3) is 0 Å². The van der Waals surface area contributed by atoms with Crippen molar-refractivity contribution >= 4 is 29.5 Å². The van der Waals surface area contributed by atoms with Crippen LogP contribution in [-0.2, 0) is 21.4 Å². The van der Waals surface area contributed by atoms with Crippen LogP contribution in [0.5, 0.6) is 0 Å². The lowest BCUT2D eigenvalue weighted by molar-refractivity contribution is -0.120. The highest BCUT2D eigenvalue weighted by atomic mass is 32.1. The number of benzene rings is 1. The van der Waals surface area contributed by atoms with Crippen molar-refractivity contribution in [3.63, 3.8) is 0 Å². The molecule has 1 aromatic heterocycles. The van der Waals surface area contributed by atoms with E-state index in [1.165, 1.54) is 22.5 Å². The standard InChI is InChI=1S/C19H24N2O2S2/c1-13-5-3-4-6-15(13)19(7-9-23-10-8-19)12-20-17(22)11-16-14(2)21-18(24)25-16/h3-6H,7-12H2,1-2H3,(H,20,22)(H,21,24). The van der Waals surface area contributed by atoms with Crippen molar-refractivity contribution in [1.82, 2.24) is 10.3 Å². The van der Waals surface area contributed by atoms with Crippen LogP contribution < -0.4 is 5.32 Å². The molecule has 0 aliphatic carbocycles. The summed E-state index contributed by atoms with van der Waals surface area (Å²) in [6.45, 7) is 6.23. The molecule has 0 bridgehead atoms. The monoisotopic (exact) mass is 376 g/mol. The molecule has 6 heteroatoms. The van der Waals surface area contributed by atoms with E-state index in [2.05, 4.69) is 41.5 Å². The van der Waals surface area contributed by atoms with Crippen LogP contribution in [-0.4, -0.2) is 30.6 Å². The normalized spacial score (nSPS) is 16.6. The molecular weight excluding hydrogens is 352 g/mol. The van der Waals surface area contributed by atoms with E-state index < -0.39 is 0 Å². The fourth-order valence-corrected chi connectivity index (χ4v) is 4.84. The number of carbonyl (C=O) groups is 1. The molecule has 0 unspecified atom stereocenters. The van der Waals surface area contributed by atoms with Crippen LogP contribution in [0.2, 0.25) is 0 Å². The van der Waals surface area contributed by atoms with Gasteiger partial charge in [-0.2, -0.15) is 0 Å². The first kappa shape index (κ1) is 18.3. The summed E-state index contributed by atoms with van der Waals surface area (Å²) in [6.07, 6.45) is 2.24. The maximum absolute atomic E-state index is 12.5. The molecule has 1 saturated heterocycles. The fraction of sp³-hybridized carbons (Fsp3) is 0.474. The lowest BCUT2D eigenvalue weighted by atomic mass is 9.72. The van der Waals surface area contributed by atoms with E-state index >= 15 is 0 Å². The molecule has 2 aromatic rings. The number of carbonyl (C=O) groups excluding carboxylic acids is 1. The van der Waals surface area contributed by atoms with Gasteiger partial charge < -0.3 is 15.0 Å². The van der Waals surface area contributed by atoms with E-state index in [0.29, 0.717) is 13.0 Å². The van der Waals surface area contributed by atoms with Gasteiger partial charge >= 0.3 is 0 Å². The summed E-state index contributed by atoms with van der Waals surface area (Å²) in [5.74, 6) is 0.0489. The number of hydrogen-bond acceptors (Lipinski definition) is 4. The Balaban J connectivity index is 1.73. The van der Waals surface area contributed by atoms with Crippen molar-refractivity contribution in [2.75, 3.05) is 19.8 Å². The third-order valence-corrected chi connectivity index (χ3v) is 6.37. The Hall–Kier alpha value is -1.50. The molecule has 1 aromatic carbocycles. The number of aromatic amines is 1. The zero-order chi connectivity index (χ0) is 17.9. The maximum Gasteiger partial charge on any atom is 0.225 e. The first-order chi connectivity index (χ1) is 12.0. The Bertz CT molecular complexity index is 804. The van der Waals surface area contributed by atoms with E-state index in [1.54, 1.807) is 0 Å². The number of nitrogens with one attached hydrogen (secondary N) is 2. The molecular formula is C19H24N2O2S2. The molecule has 4 nitrogen and oxygen atoms in total. The van der Waals surface area contributed by atoms with E-state index in [4.69, 9.17) is 17.0 Å². The van der Waals surface area contributed by atoms with Crippen molar-refractivity contribution in [3.05, 3.63) is 49.9 Å². The van der Waals surface area contributed by atoms with Gasteiger partial charge in [-0.3, -0.25) is 4.79 Å². The molecule has 0 saturated carbocycles. The number of ether oxygens (including phenoxy) is 1. The molecule has 3 rings (SSSR count). The predicted molar refractivity (Wildman–Crippen MR) is 104 cm³/mol. The molecule has 1 aliphatic rings. The Morgan fingerprint density at radius 1 is 1.32 bits per heavy atom. The molecule has 134 valence electrons. The van der Waals surface area contributed by atoms with Crippen LogP contribution in [0.15, 0.2) is 24.3 Å². The second kappa shape index (κ2) is 7.81. The zero-order valence-electron chi connectivity index (χ0n) is 14.7. The van der Waals surface area contributed by atoms with Crippen LogP contribution in [0.25, 0.3) is 0 Å². The van der Waals surface area contributed by atoms with E-state index in [9.17, 15) is 4.79 Å². The first-order valence-electron chi connectivity index (χ1n) is 8.59. The molecule has 1 amide bonds. The predicted octanol–water partition coefficient (Wildman–Crippen LogP) is 3.83. The SMILES string of the molecule is Cc1ccccc1C1(CNC(=O)Cc2sc(=S)[nH]c2C)CCOCC1. The first-order valence-corrected chi connectivity index (χ1v) is 9.82. The Labute approximate surface area is 157 Å². The number of thiazole rings is 1. The Morgan fingerprint density at radius 3 is 2.68 bits per heavy atom. The fourth-order valence-electron chi connectivity index (χ4n) is 3.55. The summed E-state index contributed by atoms with van der Waals surface area (Å²) in [6, 6.07) is 8.48. The molecule has 1 aliphatic heterocycles. The van der Waals surface area contributed by atoms with Gasteiger partial charge in [0.1, 0.15) is 0 Å². The number of hydrogen-bond donors (Lipinski definition) is 2. The maximum atomic E-state index is 12.5. The summed E-state index contributed by atoms with van der Waals surface area (Å²) in [5.41, 5.74) is 3.55. The Morgan fingerprint density at radius 2 is 2.04 bits per heavy atom. The molecule has 0 radical (unpaired) electrons. The molecule has 25 heavy (non-hydrogen) atoms. The van der Waals surface area contributed by atoms with Crippen molar-refractivity contribution in [2.24, 2.45) is 0 Å². The minimum Gasteiger partial charge on any atom is -0.381 e. The van der Waals surface area contributed by atoms with Gasteiger partial charge in [-0.15, -0.1) is 11.3 Å². The number of H-pyrrole nitrogens is 1. The number of aryl methyl sites for hydroxylation is 2. The lowest BCUT2D eigenvalue weighted by Crippen LogP contribution is -2.45. The van der Waals surface area contributed by atoms with E-state index in [1.807, 2.05) is 6.92 Å². The Kier molecular flexibility index (Phi) is 5.71. The van der Waals surface area contributed by atoms with Gasteiger partial charge in [0.2, 0.25) is 5.91 Å². The zero-order valence-corrected chi connectivity index (χ0v) is 16.3. The van der Waals surface area contributed by atoms with Crippen molar-refractivity contribution in [2.45, 2.75) is 38.5 Å². The van der Waals surface area contributed by atoms with E-state index in [0.717, 1.165) is 40.6 Å². The van der Waals surface area contributed by atoms with Gasteiger partial charge in [-0.1, -0.05) is 24.3 Å². The average molecular weight is 377 g/mol. The second-order valence-corrected chi connectivity index (χ2v) is 8.50. The molecule has 0 spiro atoms. The van der Waals surface area contributed by atoms with Gasteiger partial charge in [0.15, 0.2) is 3.95 Å². The van der Waals surface area contributed by atoms with Crippen LogP contribution in [0.4, 0.5) is 0 Å². The number of aromatic nitrogens is 1. The lowest BCUT2D eigenvalue weighted by Gasteiger charge is -2.39. The van der Waals surface area contributed by atoms with Gasteiger partial charge in [0, 0.05) is 35.7 Å². The number of rotatable bonds is 5. The minimum absolute atomic E-state index is 0.0426. The summed E-state index contributed by atoms with van der Waals surface area (Å²) in [7, 11) is 0. The highest BCUT2D eigenvalue weighted by Crippen LogP contribution is 2.36.